The van der Waals surface area contributed by atoms with Crippen LogP contribution in [0.4, 0.5) is 14.9 Å². The van der Waals surface area contributed by atoms with Crippen LogP contribution in [-0.2, 0) is 0 Å². The maximum absolute atomic E-state index is 13.2. The topological polar surface area (TPSA) is 55.8 Å². The number of hydrogen-bond acceptors (Lipinski definition) is 3. The van der Waals surface area contributed by atoms with Crippen LogP contribution in [0.2, 0.25) is 0 Å². The molecule has 0 unspecified atom stereocenters. The van der Waals surface area contributed by atoms with E-state index in [1.165, 1.54) is 48.1 Å². The molecule has 2 amide bonds. The first kappa shape index (κ1) is 23.1. The van der Waals surface area contributed by atoms with Gasteiger partial charge in [-0.1, -0.05) is 30.3 Å². The van der Waals surface area contributed by atoms with E-state index in [-0.39, 0.29) is 36.5 Å². The Labute approximate surface area is 201 Å². The van der Waals surface area contributed by atoms with Crippen LogP contribution in [0.3, 0.4) is 0 Å². The molecular formula is C28H34FN3O2. The van der Waals surface area contributed by atoms with Gasteiger partial charge in [0, 0.05) is 36.8 Å². The van der Waals surface area contributed by atoms with Crippen molar-refractivity contribution in [2.24, 2.45) is 0 Å². The fourth-order valence-corrected chi connectivity index (χ4v) is 5.88. The smallest absolute Gasteiger partial charge is 0.321 e. The summed E-state index contributed by atoms with van der Waals surface area (Å²) in [6.45, 7) is 2.38. The lowest BCUT2D eigenvalue weighted by Gasteiger charge is -2.57. The van der Waals surface area contributed by atoms with E-state index in [1.54, 1.807) is 12.1 Å². The highest BCUT2D eigenvalue weighted by molar-refractivity contribution is 5.89. The third-order valence-electron chi connectivity index (χ3n) is 7.71. The number of allylic oxidation sites excluding steroid dienone is 2. The van der Waals surface area contributed by atoms with Crippen molar-refractivity contribution < 1.29 is 14.3 Å². The van der Waals surface area contributed by atoms with Gasteiger partial charge in [0.1, 0.15) is 5.82 Å². The zero-order valence-electron chi connectivity index (χ0n) is 19.6. The standard InChI is InChI=1S/C28H34FN3O2/c29-23-12-14-24(15-13-23)30-28(34)31-16-4-5-17-32-25(18-31)27(26(32)19-33)22-10-8-21(9-11-22)20-6-2-1-3-7-20/h6,8-15,25-27,33H,1-5,7,16-19H2,(H,30,34)/t25-,26+,27+/m1/s1. The monoisotopic (exact) mass is 463 g/mol. The van der Waals surface area contributed by atoms with Crippen LogP contribution in [-0.4, -0.2) is 59.3 Å². The van der Waals surface area contributed by atoms with Gasteiger partial charge in [-0.15, -0.1) is 0 Å². The summed E-state index contributed by atoms with van der Waals surface area (Å²) in [5, 5.41) is 13.1. The van der Waals surface area contributed by atoms with E-state index in [1.807, 2.05) is 4.90 Å². The molecule has 34 heavy (non-hydrogen) atoms. The number of fused-ring (bicyclic) bond motifs is 1. The normalized spacial score (nSPS) is 25.4. The van der Waals surface area contributed by atoms with Crippen LogP contribution in [0.5, 0.6) is 0 Å². The van der Waals surface area contributed by atoms with Gasteiger partial charge in [0.25, 0.3) is 0 Å². The maximum Gasteiger partial charge on any atom is 0.321 e. The molecule has 2 heterocycles. The Morgan fingerprint density at radius 1 is 1.00 bits per heavy atom. The molecule has 5 rings (SSSR count). The third-order valence-corrected chi connectivity index (χ3v) is 7.71. The first-order valence-electron chi connectivity index (χ1n) is 12.6. The molecule has 3 aliphatic rings. The van der Waals surface area contributed by atoms with Crippen LogP contribution < -0.4 is 5.32 Å². The number of carbonyl (C=O) groups excluding carboxylic acids is 1. The minimum atomic E-state index is -0.321. The number of aliphatic hydroxyl groups excluding tert-OH is 1. The zero-order chi connectivity index (χ0) is 23.5. The number of rotatable bonds is 4. The van der Waals surface area contributed by atoms with Gasteiger partial charge < -0.3 is 15.3 Å². The van der Waals surface area contributed by atoms with E-state index >= 15 is 0 Å². The molecule has 5 nitrogen and oxygen atoms in total. The molecule has 1 aliphatic carbocycles. The summed E-state index contributed by atoms with van der Waals surface area (Å²) in [6, 6.07) is 14.9. The van der Waals surface area contributed by atoms with Crippen LogP contribution in [0, 0.1) is 5.82 Å². The number of nitrogens with zero attached hydrogens (tertiary/aromatic N) is 2. The molecule has 3 atom stereocenters. The highest BCUT2D eigenvalue weighted by Gasteiger charge is 2.49. The average Bonchev–Trinajstić information content (AvgIpc) is 2.85. The average molecular weight is 464 g/mol. The van der Waals surface area contributed by atoms with Crippen LogP contribution in [0.1, 0.15) is 55.6 Å². The molecule has 2 aromatic carbocycles. The lowest BCUT2D eigenvalue weighted by atomic mass is 9.74. The number of halogens is 1. The Balaban J connectivity index is 1.32. The van der Waals surface area contributed by atoms with Crippen LogP contribution in [0.15, 0.2) is 54.6 Å². The fraction of sp³-hybridized carbons (Fsp3) is 0.464. The summed E-state index contributed by atoms with van der Waals surface area (Å²) in [4.78, 5) is 17.3. The minimum Gasteiger partial charge on any atom is -0.395 e. The molecule has 2 aromatic rings. The van der Waals surface area contributed by atoms with Gasteiger partial charge in [-0.2, -0.15) is 0 Å². The molecule has 0 aromatic heterocycles. The zero-order valence-corrected chi connectivity index (χ0v) is 19.6. The molecule has 2 saturated heterocycles. The summed E-state index contributed by atoms with van der Waals surface area (Å²) in [6.07, 6.45) is 9.14. The minimum absolute atomic E-state index is 0.0878. The second-order valence-corrected chi connectivity index (χ2v) is 9.77. The number of nitrogens with one attached hydrogen (secondary N) is 1. The molecular weight excluding hydrogens is 429 g/mol. The number of hydrogen-bond donors (Lipinski definition) is 2. The number of anilines is 1. The Kier molecular flexibility index (Phi) is 6.97. The summed E-state index contributed by atoms with van der Waals surface area (Å²) in [5.41, 5.74) is 4.58. The van der Waals surface area contributed by atoms with Crippen molar-refractivity contribution in [1.29, 1.82) is 0 Å². The molecule has 2 N–H and O–H groups in total. The number of benzene rings is 2. The molecule has 6 heteroatoms. The predicted octanol–water partition coefficient (Wildman–Crippen LogP) is 5.24. The fourth-order valence-electron chi connectivity index (χ4n) is 5.88. The van der Waals surface area contributed by atoms with E-state index in [4.69, 9.17) is 0 Å². The molecule has 0 spiro atoms. The molecule has 2 aliphatic heterocycles. The van der Waals surface area contributed by atoms with Crippen molar-refractivity contribution in [3.8, 4) is 0 Å². The molecule has 2 fully saturated rings. The lowest BCUT2D eigenvalue weighted by molar-refractivity contribution is -0.0585. The van der Waals surface area contributed by atoms with Crippen molar-refractivity contribution in [1.82, 2.24) is 9.80 Å². The Bertz CT molecular complexity index is 1020. The van der Waals surface area contributed by atoms with Crippen LogP contribution >= 0.6 is 0 Å². The number of urea groups is 1. The van der Waals surface area contributed by atoms with Crippen molar-refractivity contribution in [3.63, 3.8) is 0 Å². The van der Waals surface area contributed by atoms with Gasteiger partial charge in [-0.25, -0.2) is 9.18 Å². The van der Waals surface area contributed by atoms with Crippen molar-refractivity contribution in [2.75, 3.05) is 31.6 Å². The van der Waals surface area contributed by atoms with Crippen LogP contribution in [0.25, 0.3) is 5.57 Å². The highest BCUT2D eigenvalue weighted by atomic mass is 19.1. The van der Waals surface area contributed by atoms with Crippen molar-refractivity contribution >= 4 is 17.3 Å². The molecule has 0 saturated carbocycles. The number of carbonyl (C=O) groups is 1. The van der Waals surface area contributed by atoms with E-state index < -0.39 is 0 Å². The SMILES string of the molecule is O=C(Nc1ccc(F)cc1)N1CCCCN2[C@H](C1)[C@H](c1ccc(C3=CCCCC3)cc1)[C@@H]2CO. The maximum atomic E-state index is 13.2. The van der Waals surface area contributed by atoms with E-state index in [0.29, 0.717) is 18.8 Å². The van der Waals surface area contributed by atoms with E-state index in [2.05, 4.69) is 40.6 Å². The Morgan fingerprint density at radius 3 is 2.47 bits per heavy atom. The number of aliphatic hydroxyl groups is 1. The van der Waals surface area contributed by atoms with Gasteiger partial charge in [0.15, 0.2) is 0 Å². The van der Waals surface area contributed by atoms with Gasteiger partial charge in [0.05, 0.1) is 6.61 Å². The predicted molar refractivity (Wildman–Crippen MR) is 133 cm³/mol. The van der Waals surface area contributed by atoms with E-state index in [0.717, 1.165) is 25.8 Å². The van der Waals surface area contributed by atoms with Gasteiger partial charge in [-0.05, 0) is 86.0 Å². The summed E-state index contributed by atoms with van der Waals surface area (Å²) >= 11 is 0. The quantitative estimate of drug-likeness (QED) is 0.652. The summed E-state index contributed by atoms with van der Waals surface area (Å²) in [7, 11) is 0. The largest absolute Gasteiger partial charge is 0.395 e. The van der Waals surface area contributed by atoms with E-state index in [9.17, 15) is 14.3 Å². The first-order valence-corrected chi connectivity index (χ1v) is 12.6. The molecule has 0 bridgehead atoms. The number of amides is 2. The third kappa shape index (κ3) is 4.75. The highest BCUT2D eigenvalue weighted by Crippen LogP contribution is 2.42. The van der Waals surface area contributed by atoms with Gasteiger partial charge in [-0.3, -0.25) is 4.90 Å². The molecule has 180 valence electrons. The van der Waals surface area contributed by atoms with Gasteiger partial charge >= 0.3 is 6.03 Å². The van der Waals surface area contributed by atoms with Crippen molar-refractivity contribution in [2.45, 2.75) is 56.5 Å². The second-order valence-electron chi connectivity index (χ2n) is 9.77. The molecule has 0 radical (unpaired) electrons. The summed E-state index contributed by atoms with van der Waals surface area (Å²) < 4.78 is 13.2. The first-order chi connectivity index (χ1) is 16.6. The van der Waals surface area contributed by atoms with Gasteiger partial charge in [0.2, 0.25) is 0 Å². The summed E-state index contributed by atoms with van der Waals surface area (Å²) in [5.74, 6) is -0.128. The lowest BCUT2D eigenvalue weighted by Crippen LogP contribution is -2.68. The Hall–Kier alpha value is -2.70. The van der Waals surface area contributed by atoms with Crippen molar-refractivity contribution in [3.05, 3.63) is 71.6 Å². The Morgan fingerprint density at radius 2 is 1.76 bits per heavy atom. The second kappa shape index (κ2) is 10.3.